The van der Waals surface area contributed by atoms with Gasteiger partial charge < -0.3 is 57.0 Å². The van der Waals surface area contributed by atoms with Crippen molar-refractivity contribution in [2.45, 2.75) is 275 Å². The lowest BCUT2D eigenvalue weighted by Gasteiger charge is -2.22. The fourth-order valence-corrected chi connectivity index (χ4v) is 14.2. The van der Waals surface area contributed by atoms with Gasteiger partial charge in [-0.15, -0.1) is 0 Å². The number of nitrogens with two attached hydrogens (primary N) is 2. The van der Waals surface area contributed by atoms with Crippen LogP contribution < -0.4 is 43.4 Å². The molecular weight excluding hydrogens is 1150 g/mol. The molecule has 0 bridgehead atoms. The number of pyridine rings is 1. The number of benzene rings is 1. The molecule has 0 aliphatic carbocycles. The van der Waals surface area contributed by atoms with Gasteiger partial charge in [-0.3, -0.25) is 14.2 Å². The Morgan fingerprint density at radius 3 is 1.54 bits per heavy atom. The van der Waals surface area contributed by atoms with Gasteiger partial charge in [-0.05, 0) is 157 Å². The number of unbranched alkanes of at least 4 members (excludes halogenated alkanes) is 1. The van der Waals surface area contributed by atoms with Gasteiger partial charge in [-0.2, -0.15) is 0 Å². The summed E-state index contributed by atoms with van der Waals surface area (Å²) in [6, 6.07) is 7.35. The molecule has 0 aliphatic heterocycles. The molecule has 0 fully saturated rings. The van der Waals surface area contributed by atoms with Crippen molar-refractivity contribution in [3.63, 3.8) is 0 Å². The van der Waals surface area contributed by atoms with Crippen molar-refractivity contribution < 1.29 is 23.2 Å². The smallest absolute Gasteiger partial charge is 0.330 e. The topological polar surface area (TPSA) is 225 Å². The Hall–Kier alpha value is -3.21. The van der Waals surface area contributed by atoms with Gasteiger partial charge in [-0.25, -0.2) is 9.97 Å². The summed E-state index contributed by atoms with van der Waals surface area (Å²) < 4.78 is 29.8. The number of hydrogen-bond acceptors (Lipinski definition) is 13. The lowest BCUT2D eigenvalue weighted by atomic mass is 9.91. The first-order chi connectivity index (χ1) is 43.8. The highest BCUT2D eigenvalue weighted by Crippen LogP contribution is 2.49. The molecule has 0 saturated heterocycles. The Labute approximate surface area is 556 Å². The van der Waals surface area contributed by atoms with Crippen LogP contribution in [0, 0.1) is 47.3 Å². The predicted octanol–water partition coefficient (Wildman–Crippen LogP) is 15.9. The first-order valence-corrected chi connectivity index (χ1v) is 39.1. The number of carbonyl (C=O) groups excluding carboxylic acids is 2. The second-order valence-corrected chi connectivity index (χ2v) is 31.0. The van der Waals surface area contributed by atoms with E-state index in [2.05, 4.69) is 124 Å². The molecule has 2 aromatic heterocycles. The molecule has 0 saturated carbocycles. The zero-order valence-electron chi connectivity index (χ0n) is 60.2. The van der Waals surface area contributed by atoms with E-state index in [4.69, 9.17) is 25.5 Å². The van der Waals surface area contributed by atoms with Gasteiger partial charge in [0.2, 0.25) is 11.8 Å². The number of rotatable bonds is 60. The number of amides is 2. The van der Waals surface area contributed by atoms with Crippen molar-refractivity contribution >= 4 is 47.2 Å². The second-order valence-electron chi connectivity index (χ2n) is 28.9. The highest BCUT2D eigenvalue weighted by Gasteiger charge is 2.27. The van der Waals surface area contributed by atoms with E-state index in [0.717, 1.165) is 142 Å². The third-order valence-corrected chi connectivity index (χ3v) is 20.8. The maximum atomic E-state index is 14.8. The highest BCUT2D eigenvalue weighted by atomic mass is 31.2. The van der Waals surface area contributed by atoms with Crippen LogP contribution in [0.4, 0.5) is 5.82 Å². The lowest BCUT2D eigenvalue weighted by Crippen LogP contribution is -2.45. The maximum absolute atomic E-state index is 14.8. The molecule has 91 heavy (non-hydrogen) atoms. The van der Waals surface area contributed by atoms with Crippen LogP contribution in [0.15, 0.2) is 24.3 Å². The summed E-state index contributed by atoms with van der Waals surface area (Å²) in [5.41, 5.74) is 14.5. The third-order valence-electron chi connectivity index (χ3n) is 18.8. The van der Waals surface area contributed by atoms with Crippen LogP contribution in [0.25, 0.3) is 21.9 Å². The van der Waals surface area contributed by atoms with E-state index in [1.807, 2.05) is 18.2 Å². The summed E-state index contributed by atoms with van der Waals surface area (Å²) in [4.78, 5) is 37.1. The number of fused-ring (bicyclic) bond motifs is 3. The van der Waals surface area contributed by atoms with Crippen molar-refractivity contribution in [1.82, 2.24) is 46.4 Å². The van der Waals surface area contributed by atoms with E-state index in [0.29, 0.717) is 94.9 Å². The van der Waals surface area contributed by atoms with E-state index < -0.39 is 13.6 Å². The van der Waals surface area contributed by atoms with Gasteiger partial charge >= 0.3 is 7.60 Å². The quantitative estimate of drug-likeness (QED) is 0.0195. The molecule has 3 rings (SSSR count). The Bertz CT molecular complexity index is 2320. The fraction of sp³-hybridized carbons (Fsp3) is 0.838. The minimum atomic E-state index is -3.46. The van der Waals surface area contributed by atoms with Crippen molar-refractivity contribution in [3.05, 3.63) is 30.1 Å². The molecule has 0 aliphatic rings. The number of anilines is 1. The largest absolute Gasteiger partial charge is 0.382 e. The summed E-state index contributed by atoms with van der Waals surface area (Å²) in [6.07, 6.45) is 30.8. The molecule has 1 aromatic carbocycles. The van der Waals surface area contributed by atoms with Crippen molar-refractivity contribution in [2.75, 3.05) is 84.0 Å². The number of imidazole rings is 1. The van der Waals surface area contributed by atoms with E-state index >= 15 is 0 Å². The van der Waals surface area contributed by atoms with Gasteiger partial charge in [0.25, 0.3) is 0 Å². The van der Waals surface area contributed by atoms with Crippen LogP contribution in [-0.2, 0) is 36.3 Å². The van der Waals surface area contributed by atoms with Crippen molar-refractivity contribution in [3.8, 4) is 0 Å². The number of aromatic nitrogens is 3. The number of nitrogens with one attached hydrogen (secondary N) is 6. The van der Waals surface area contributed by atoms with Crippen LogP contribution >= 0.6 is 7.60 Å². The number of nitrogen functional groups attached to an aromatic ring is 1. The molecule has 3 aromatic rings. The first-order valence-electron chi connectivity index (χ1n) is 37.4. The van der Waals surface area contributed by atoms with Crippen LogP contribution in [-0.4, -0.2) is 111 Å². The van der Waals surface area contributed by atoms with E-state index in [1.165, 1.54) is 103 Å². The Balaban J connectivity index is 1.63. The normalized spacial score (nSPS) is 15.1. The summed E-state index contributed by atoms with van der Waals surface area (Å²) in [7, 11) is -3.46. The summed E-state index contributed by atoms with van der Waals surface area (Å²) in [5.74, 6) is 6.64. The molecule has 10 N–H and O–H groups in total. The zero-order valence-corrected chi connectivity index (χ0v) is 61.1. The van der Waals surface area contributed by atoms with Crippen LogP contribution in [0.1, 0.15) is 262 Å². The highest BCUT2D eigenvalue weighted by molar-refractivity contribution is 7.53. The van der Waals surface area contributed by atoms with Crippen LogP contribution in [0.3, 0.4) is 0 Å². The Morgan fingerprint density at radius 1 is 0.538 bits per heavy atom. The number of nitrogens with zero attached hydrogens (tertiary/aromatic N) is 3. The number of carbonyl (C=O) groups is 2. The molecule has 0 spiro atoms. The van der Waals surface area contributed by atoms with Crippen LogP contribution in [0.5, 0.6) is 0 Å². The molecule has 0 radical (unpaired) electrons. The van der Waals surface area contributed by atoms with Gasteiger partial charge in [0.1, 0.15) is 11.3 Å². The summed E-state index contributed by atoms with van der Waals surface area (Å²) >= 11 is 0. The summed E-state index contributed by atoms with van der Waals surface area (Å²) in [6.45, 7) is 34.3. The van der Waals surface area contributed by atoms with Gasteiger partial charge in [0.05, 0.1) is 43.0 Å². The SMILES string of the molecule is CCNCc1nc2c(N)nc3ccccc3c2n1CCCNC(=O)[C@H](CCC(=O)NCCCNCCCCNCCCN)NCCCP(=O)(OCCC(C)CCCC(C)CCCC(C)CCCC(C)C)OCCC(C)CCCC(C)CCCC(C)CCCC(C)C. The molecule has 2 amide bonds. The summed E-state index contributed by atoms with van der Waals surface area (Å²) in [5, 5.41) is 21.1. The molecule has 16 nitrogen and oxygen atoms in total. The zero-order chi connectivity index (χ0) is 66.5. The number of hydrogen-bond donors (Lipinski definition) is 8. The van der Waals surface area contributed by atoms with Gasteiger partial charge in [-0.1, -0.05) is 210 Å². The van der Waals surface area contributed by atoms with Crippen molar-refractivity contribution in [1.29, 1.82) is 0 Å². The first kappa shape index (κ1) is 82.0. The standard InChI is InChI=1S/C74H140N11O5P/c1-12-77-57-69-84-71-72(66-39-13-14-40-67(66)83-73(71)76)85(69)53-25-51-82-74(87)68(41-42-70(86)81-50-24-49-79-47-16-15-46-78-48-23-45-75)80-52-26-56-91(88,89-54-43-64(10)37-21-35-62(8)33-19-31-60(6)29-17-27-58(2)3)90-55-44-65(11)38-22-36-63(9)34-20-32-61(7)30-18-28-59(4)5/h13-14,39-40,58-65,68,77-80H,12,15-38,41-57,75H2,1-11H3,(H2,76,83)(H,81,86)(H,82,87)/t60?,61?,62?,63?,64?,65?,68-,91?/m0/s1. The molecule has 6 unspecified atom stereocenters. The molecule has 2 heterocycles. The molecular formula is C74H140N11O5P. The number of para-hydroxylation sites is 1. The van der Waals surface area contributed by atoms with Gasteiger partial charge in [0.15, 0.2) is 5.82 Å². The maximum Gasteiger partial charge on any atom is 0.330 e. The van der Waals surface area contributed by atoms with E-state index in [9.17, 15) is 14.2 Å². The van der Waals surface area contributed by atoms with E-state index in [1.54, 1.807) is 0 Å². The minimum absolute atomic E-state index is 0.0797. The second kappa shape index (κ2) is 50.2. The Kier molecular flexibility index (Phi) is 45.3. The van der Waals surface area contributed by atoms with E-state index in [-0.39, 0.29) is 24.4 Å². The minimum Gasteiger partial charge on any atom is -0.382 e. The average molecular weight is 1290 g/mol. The van der Waals surface area contributed by atoms with Crippen LogP contribution in [0.2, 0.25) is 0 Å². The third kappa shape index (κ3) is 38.2. The average Bonchev–Trinajstić information content (AvgIpc) is 1.64. The monoisotopic (exact) mass is 1290 g/mol. The molecule has 526 valence electrons. The Morgan fingerprint density at radius 2 is 1.02 bits per heavy atom. The molecule has 7 atom stereocenters. The lowest BCUT2D eigenvalue weighted by molar-refractivity contribution is -0.124. The van der Waals surface area contributed by atoms with Crippen molar-refractivity contribution in [2.24, 2.45) is 53.1 Å². The molecule has 17 heteroatoms. The number of aryl methyl sites for hydroxylation is 1. The predicted molar refractivity (Wildman–Crippen MR) is 388 cm³/mol. The van der Waals surface area contributed by atoms with Gasteiger partial charge in [0, 0.05) is 31.4 Å². The fourth-order valence-electron chi connectivity index (χ4n) is 12.6.